The van der Waals surface area contributed by atoms with Crippen molar-refractivity contribution in [2.75, 3.05) is 13.3 Å². The average molecular weight is 391 g/mol. The molecule has 0 saturated heterocycles. The van der Waals surface area contributed by atoms with Crippen LogP contribution in [-0.2, 0) is 10.0 Å². The Labute approximate surface area is 161 Å². The molecule has 0 saturated carbocycles. The number of sulfonamides is 1. The van der Waals surface area contributed by atoms with Gasteiger partial charge in [0, 0.05) is 12.1 Å². The van der Waals surface area contributed by atoms with E-state index < -0.39 is 15.3 Å². The molecule has 2 N–H and O–H groups in total. The minimum Gasteiger partial charge on any atom is -0.473 e. The average Bonchev–Trinajstić information content (AvgIpc) is 2.67. The summed E-state index contributed by atoms with van der Waals surface area (Å²) in [6, 6.07) is 16.3. The quantitative estimate of drug-likeness (QED) is 0.645. The summed E-state index contributed by atoms with van der Waals surface area (Å²) in [5, 5.41) is 2.24. The molecular weight excluding hydrogens is 364 g/mol. The monoisotopic (exact) mass is 390 g/mol. The molecule has 2 rings (SSSR count). The molecule has 6 nitrogen and oxygen atoms in total. The lowest BCUT2D eigenvalue weighted by atomic mass is 10.0. The highest BCUT2D eigenvalue weighted by Crippen LogP contribution is 2.19. The number of nitrogens with one attached hydrogen (secondary N) is 2. The van der Waals surface area contributed by atoms with Gasteiger partial charge in [-0.05, 0) is 49.6 Å². The third-order valence-corrected chi connectivity index (χ3v) is 5.98. The molecule has 1 atom stereocenters. The van der Waals surface area contributed by atoms with Gasteiger partial charge in [0.2, 0.25) is 10.0 Å². The highest BCUT2D eigenvalue weighted by atomic mass is 32.2. The van der Waals surface area contributed by atoms with Crippen molar-refractivity contribution in [2.45, 2.75) is 31.9 Å². The number of hydrogen-bond acceptors (Lipinski definition) is 4. The van der Waals surface area contributed by atoms with Crippen molar-refractivity contribution in [1.29, 1.82) is 0 Å². The largest absolute Gasteiger partial charge is 0.473 e. The Morgan fingerprint density at radius 3 is 2.22 bits per heavy atom. The van der Waals surface area contributed by atoms with Gasteiger partial charge < -0.3 is 10.1 Å². The standard InChI is InChI=1S/C20H26N2O4S/c1-15(2)27(24,25)22-13-16(3)17-9-11-19(12-10-17)26-14-21-20(23)18-7-5-4-6-8-18/h4-12,15-16,22H,13-14H2,1-3H3,(H,21,23). The van der Waals surface area contributed by atoms with Crippen LogP contribution in [0.3, 0.4) is 0 Å². The second kappa shape index (κ2) is 9.53. The zero-order valence-corrected chi connectivity index (χ0v) is 16.6. The Balaban J connectivity index is 1.81. The van der Waals surface area contributed by atoms with Crippen molar-refractivity contribution in [1.82, 2.24) is 10.0 Å². The summed E-state index contributed by atoms with van der Waals surface area (Å²) < 4.78 is 31.8. The van der Waals surface area contributed by atoms with Crippen molar-refractivity contribution in [3.63, 3.8) is 0 Å². The van der Waals surface area contributed by atoms with Crippen molar-refractivity contribution >= 4 is 15.9 Å². The van der Waals surface area contributed by atoms with E-state index in [0.29, 0.717) is 17.9 Å². The third-order valence-electron chi connectivity index (χ3n) is 4.17. The van der Waals surface area contributed by atoms with Crippen molar-refractivity contribution in [2.24, 2.45) is 0 Å². The number of hydrogen-bond donors (Lipinski definition) is 2. The molecule has 0 fully saturated rings. The molecule has 0 heterocycles. The van der Waals surface area contributed by atoms with E-state index in [1.165, 1.54) is 0 Å². The predicted molar refractivity (Wildman–Crippen MR) is 106 cm³/mol. The lowest BCUT2D eigenvalue weighted by molar-refractivity contribution is 0.0919. The molecule has 2 aromatic carbocycles. The molecule has 1 amide bonds. The molecule has 0 aromatic heterocycles. The SMILES string of the molecule is CC(CNS(=O)(=O)C(C)C)c1ccc(OCNC(=O)c2ccccc2)cc1. The molecule has 2 aromatic rings. The van der Waals surface area contributed by atoms with E-state index in [0.717, 1.165) is 5.56 Å². The Bertz CT molecular complexity index is 834. The van der Waals surface area contributed by atoms with E-state index in [1.54, 1.807) is 50.2 Å². The molecule has 7 heteroatoms. The maximum Gasteiger partial charge on any atom is 0.253 e. The first-order valence-electron chi connectivity index (χ1n) is 8.84. The van der Waals surface area contributed by atoms with E-state index in [9.17, 15) is 13.2 Å². The summed E-state index contributed by atoms with van der Waals surface area (Å²) >= 11 is 0. The van der Waals surface area contributed by atoms with Crippen LogP contribution in [0.5, 0.6) is 5.75 Å². The smallest absolute Gasteiger partial charge is 0.253 e. The van der Waals surface area contributed by atoms with E-state index in [4.69, 9.17) is 4.74 Å². The molecule has 0 aliphatic carbocycles. The van der Waals surface area contributed by atoms with Crippen LogP contribution in [0.15, 0.2) is 54.6 Å². The first-order chi connectivity index (χ1) is 12.8. The van der Waals surface area contributed by atoms with Gasteiger partial charge in [0.15, 0.2) is 6.73 Å². The fraction of sp³-hybridized carbons (Fsp3) is 0.350. The second-order valence-electron chi connectivity index (χ2n) is 6.57. The van der Waals surface area contributed by atoms with Gasteiger partial charge in [-0.25, -0.2) is 13.1 Å². The van der Waals surface area contributed by atoms with Gasteiger partial charge in [-0.1, -0.05) is 37.3 Å². The molecule has 1 unspecified atom stereocenters. The minimum atomic E-state index is -3.27. The van der Waals surface area contributed by atoms with Crippen LogP contribution in [0.2, 0.25) is 0 Å². The molecular formula is C20H26N2O4S. The lowest BCUT2D eigenvalue weighted by Crippen LogP contribution is -2.33. The molecule has 146 valence electrons. The normalized spacial score (nSPS) is 12.6. The summed E-state index contributed by atoms with van der Waals surface area (Å²) in [5.41, 5.74) is 1.58. The summed E-state index contributed by atoms with van der Waals surface area (Å²) in [6.45, 7) is 5.66. The number of carbonyl (C=O) groups is 1. The number of carbonyl (C=O) groups excluding carboxylic acids is 1. The Hall–Kier alpha value is -2.38. The van der Waals surface area contributed by atoms with Crippen molar-refractivity contribution in [3.05, 3.63) is 65.7 Å². The zero-order valence-electron chi connectivity index (χ0n) is 15.8. The molecule has 0 aliphatic heterocycles. The molecule has 0 radical (unpaired) electrons. The van der Waals surface area contributed by atoms with E-state index in [1.807, 2.05) is 25.1 Å². The van der Waals surface area contributed by atoms with Crippen molar-refractivity contribution in [3.8, 4) is 5.75 Å². The lowest BCUT2D eigenvalue weighted by Gasteiger charge is -2.15. The summed E-state index contributed by atoms with van der Waals surface area (Å²) in [4.78, 5) is 11.9. The van der Waals surface area contributed by atoms with Crippen LogP contribution < -0.4 is 14.8 Å². The van der Waals surface area contributed by atoms with Gasteiger partial charge in [-0.2, -0.15) is 0 Å². The van der Waals surface area contributed by atoms with Crippen molar-refractivity contribution < 1.29 is 17.9 Å². The maximum atomic E-state index is 11.9. The number of ether oxygens (including phenoxy) is 1. The van der Waals surface area contributed by atoms with Crippen LogP contribution in [0.1, 0.15) is 42.6 Å². The minimum absolute atomic E-state index is 0.0327. The van der Waals surface area contributed by atoms with Crippen LogP contribution >= 0.6 is 0 Å². The predicted octanol–water partition coefficient (Wildman–Crippen LogP) is 2.88. The van der Waals surface area contributed by atoms with Crippen LogP contribution in [0.25, 0.3) is 0 Å². The first kappa shape index (κ1) is 20.9. The molecule has 27 heavy (non-hydrogen) atoms. The van der Waals surface area contributed by atoms with Gasteiger partial charge in [0.05, 0.1) is 5.25 Å². The van der Waals surface area contributed by atoms with Gasteiger partial charge in [-0.15, -0.1) is 0 Å². The first-order valence-corrected chi connectivity index (χ1v) is 10.4. The second-order valence-corrected chi connectivity index (χ2v) is 8.89. The Morgan fingerprint density at radius 2 is 1.63 bits per heavy atom. The molecule has 0 spiro atoms. The van der Waals surface area contributed by atoms with E-state index in [-0.39, 0.29) is 18.6 Å². The maximum absolute atomic E-state index is 11.9. The van der Waals surface area contributed by atoms with Crippen LogP contribution in [0, 0.1) is 0 Å². The fourth-order valence-corrected chi connectivity index (χ4v) is 3.11. The van der Waals surface area contributed by atoms with E-state index in [2.05, 4.69) is 10.0 Å². The van der Waals surface area contributed by atoms with Crippen LogP contribution in [-0.4, -0.2) is 32.9 Å². The van der Waals surface area contributed by atoms with Gasteiger partial charge in [-0.3, -0.25) is 4.79 Å². The van der Waals surface area contributed by atoms with Gasteiger partial charge in [0.1, 0.15) is 5.75 Å². The Kier molecular flexibility index (Phi) is 7.38. The van der Waals surface area contributed by atoms with E-state index >= 15 is 0 Å². The highest BCUT2D eigenvalue weighted by Gasteiger charge is 2.17. The van der Waals surface area contributed by atoms with Gasteiger partial charge >= 0.3 is 0 Å². The summed E-state index contributed by atoms with van der Waals surface area (Å²) in [6.07, 6.45) is 0. The fourth-order valence-electron chi connectivity index (χ4n) is 2.29. The zero-order chi connectivity index (χ0) is 19.9. The highest BCUT2D eigenvalue weighted by molar-refractivity contribution is 7.90. The summed E-state index contributed by atoms with van der Waals surface area (Å²) in [5.74, 6) is 0.464. The topological polar surface area (TPSA) is 84.5 Å². The third kappa shape index (κ3) is 6.37. The Morgan fingerprint density at radius 1 is 1.00 bits per heavy atom. The summed E-state index contributed by atoms with van der Waals surface area (Å²) in [7, 11) is -3.27. The number of rotatable bonds is 9. The number of amides is 1. The molecule has 0 aliphatic rings. The number of benzene rings is 2. The van der Waals surface area contributed by atoms with Gasteiger partial charge in [0.25, 0.3) is 5.91 Å². The van der Waals surface area contributed by atoms with Crippen LogP contribution in [0.4, 0.5) is 0 Å². The molecule has 0 bridgehead atoms.